The van der Waals surface area contributed by atoms with Gasteiger partial charge >= 0.3 is 0 Å². The summed E-state index contributed by atoms with van der Waals surface area (Å²) in [6, 6.07) is 2.12. The van der Waals surface area contributed by atoms with Crippen molar-refractivity contribution in [3.05, 3.63) is 0 Å². The van der Waals surface area contributed by atoms with E-state index in [9.17, 15) is 0 Å². The Bertz CT molecular complexity index is 179. The van der Waals surface area contributed by atoms with E-state index in [1.807, 2.05) is 0 Å². The van der Waals surface area contributed by atoms with E-state index >= 15 is 0 Å². The summed E-state index contributed by atoms with van der Waals surface area (Å²) in [6.45, 7) is 14.0. The maximum Gasteiger partial charge on any atom is 0.0196 e. The molecule has 1 fully saturated rings. The Morgan fingerprint density at radius 2 is 2.00 bits per heavy atom. The van der Waals surface area contributed by atoms with Gasteiger partial charge in [-0.2, -0.15) is 0 Å². The van der Waals surface area contributed by atoms with Crippen LogP contribution in [0.1, 0.15) is 47.5 Å². The molecule has 15 heavy (non-hydrogen) atoms. The van der Waals surface area contributed by atoms with Gasteiger partial charge in [-0.15, -0.1) is 0 Å². The van der Waals surface area contributed by atoms with Gasteiger partial charge in [-0.25, -0.2) is 0 Å². The van der Waals surface area contributed by atoms with Gasteiger partial charge in [0.1, 0.15) is 0 Å². The van der Waals surface area contributed by atoms with Gasteiger partial charge < -0.3 is 5.32 Å². The smallest absolute Gasteiger partial charge is 0.0196 e. The van der Waals surface area contributed by atoms with Crippen molar-refractivity contribution in [2.45, 2.75) is 65.6 Å². The molecule has 1 aliphatic heterocycles. The molecule has 2 heteroatoms. The minimum absolute atomic E-state index is 0.690. The summed E-state index contributed by atoms with van der Waals surface area (Å²) in [5.74, 6) is 0.757. The molecule has 1 N–H and O–H groups in total. The third-order valence-electron chi connectivity index (χ3n) is 3.82. The van der Waals surface area contributed by atoms with Crippen LogP contribution in [0.2, 0.25) is 0 Å². The third kappa shape index (κ3) is 3.46. The zero-order valence-corrected chi connectivity index (χ0v) is 11.1. The second kappa shape index (κ2) is 5.86. The predicted molar refractivity (Wildman–Crippen MR) is 67.2 cm³/mol. The van der Waals surface area contributed by atoms with E-state index in [1.54, 1.807) is 0 Å². The Kier molecular flexibility index (Phi) is 5.07. The highest BCUT2D eigenvalue weighted by atomic mass is 15.2. The van der Waals surface area contributed by atoms with Gasteiger partial charge in [-0.3, -0.25) is 4.90 Å². The van der Waals surface area contributed by atoms with E-state index in [2.05, 4.69) is 44.8 Å². The molecule has 0 radical (unpaired) electrons. The number of nitrogens with zero attached hydrogens (tertiary/aromatic N) is 1. The van der Waals surface area contributed by atoms with E-state index in [0.717, 1.165) is 12.5 Å². The standard InChI is InChI=1S/C13H28N2/c1-6-7-13-9-15(11(4)8-14-13)12(5)10(2)3/h10-14H,6-9H2,1-5H3. The van der Waals surface area contributed by atoms with Crippen LogP contribution in [0.25, 0.3) is 0 Å². The number of rotatable bonds is 4. The largest absolute Gasteiger partial charge is 0.311 e. The van der Waals surface area contributed by atoms with Gasteiger partial charge in [0.25, 0.3) is 0 Å². The van der Waals surface area contributed by atoms with Crippen LogP contribution in [0.4, 0.5) is 0 Å². The van der Waals surface area contributed by atoms with Crippen LogP contribution in [0.15, 0.2) is 0 Å². The van der Waals surface area contributed by atoms with Crippen LogP contribution in [0.5, 0.6) is 0 Å². The Balaban J connectivity index is 2.53. The second-order valence-corrected chi connectivity index (χ2v) is 5.42. The van der Waals surface area contributed by atoms with Gasteiger partial charge in [0.2, 0.25) is 0 Å². The first-order valence-corrected chi connectivity index (χ1v) is 6.55. The number of nitrogens with one attached hydrogen (secondary N) is 1. The molecule has 1 saturated heterocycles. The monoisotopic (exact) mass is 212 g/mol. The highest BCUT2D eigenvalue weighted by molar-refractivity contribution is 4.87. The topological polar surface area (TPSA) is 15.3 Å². The highest BCUT2D eigenvalue weighted by Crippen LogP contribution is 2.18. The van der Waals surface area contributed by atoms with Crippen LogP contribution >= 0.6 is 0 Å². The zero-order chi connectivity index (χ0) is 11.4. The van der Waals surface area contributed by atoms with E-state index in [4.69, 9.17) is 0 Å². The average molecular weight is 212 g/mol. The zero-order valence-electron chi connectivity index (χ0n) is 11.1. The van der Waals surface area contributed by atoms with Crippen molar-refractivity contribution in [3.63, 3.8) is 0 Å². The van der Waals surface area contributed by atoms with Crippen molar-refractivity contribution in [1.29, 1.82) is 0 Å². The summed E-state index contributed by atoms with van der Waals surface area (Å²) >= 11 is 0. The van der Waals surface area contributed by atoms with Crippen molar-refractivity contribution >= 4 is 0 Å². The molecule has 3 atom stereocenters. The molecule has 0 aliphatic carbocycles. The van der Waals surface area contributed by atoms with Gasteiger partial charge in [0.15, 0.2) is 0 Å². The van der Waals surface area contributed by atoms with Gasteiger partial charge in [0, 0.05) is 31.2 Å². The Labute approximate surface area is 95.4 Å². The Hall–Kier alpha value is -0.0800. The van der Waals surface area contributed by atoms with Crippen LogP contribution in [-0.4, -0.2) is 36.1 Å². The SMILES string of the molecule is CCCC1CN(C(C)C(C)C)C(C)CN1. The van der Waals surface area contributed by atoms with Crippen LogP contribution in [0, 0.1) is 5.92 Å². The van der Waals surface area contributed by atoms with E-state index < -0.39 is 0 Å². The fourth-order valence-corrected chi connectivity index (χ4v) is 2.45. The van der Waals surface area contributed by atoms with Gasteiger partial charge in [0.05, 0.1) is 0 Å². The maximum atomic E-state index is 3.65. The molecule has 0 spiro atoms. The molecule has 0 aromatic carbocycles. The molecular formula is C13H28N2. The molecule has 2 nitrogen and oxygen atoms in total. The summed E-state index contributed by atoms with van der Waals surface area (Å²) in [7, 11) is 0. The molecule has 0 bridgehead atoms. The summed E-state index contributed by atoms with van der Waals surface area (Å²) in [5, 5.41) is 3.65. The molecule has 0 amide bonds. The van der Waals surface area contributed by atoms with E-state index in [1.165, 1.54) is 19.4 Å². The van der Waals surface area contributed by atoms with Crippen molar-refractivity contribution in [1.82, 2.24) is 10.2 Å². The fourth-order valence-electron chi connectivity index (χ4n) is 2.45. The summed E-state index contributed by atoms with van der Waals surface area (Å²) < 4.78 is 0. The minimum atomic E-state index is 0.690. The van der Waals surface area contributed by atoms with E-state index in [0.29, 0.717) is 18.1 Å². The first-order valence-electron chi connectivity index (χ1n) is 6.55. The lowest BCUT2D eigenvalue weighted by molar-refractivity contribution is 0.0739. The molecule has 0 saturated carbocycles. The lowest BCUT2D eigenvalue weighted by atomic mass is 9.98. The molecule has 0 aromatic heterocycles. The van der Waals surface area contributed by atoms with Crippen LogP contribution in [-0.2, 0) is 0 Å². The molecule has 0 aromatic rings. The van der Waals surface area contributed by atoms with Gasteiger partial charge in [-0.05, 0) is 26.2 Å². The van der Waals surface area contributed by atoms with Gasteiger partial charge in [-0.1, -0.05) is 27.2 Å². The average Bonchev–Trinajstić information content (AvgIpc) is 2.20. The maximum absolute atomic E-state index is 3.65. The van der Waals surface area contributed by atoms with Crippen LogP contribution in [0.3, 0.4) is 0 Å². The first-order chi connectivity index (χ1) is 7.06. The predicted octanol–water partition coefficient (Wildman–Crippen LogP) is 2.49. The molecule has 1 aliphatic rings. The van der Waals surface area contributed by atoms with Crippen LogP contribution < -0.4 is 5.32 Å². The lowest BCUT2D eigenvalue weighted by Crippen LogP contribution is -2.58. The lowest BCUT2D eigenvalue weighted by Gasteiger charge is -2.43. The summed E-state index contributed by atoms with van der Waals surface area (Å²) in [5.41, 5.74) is 0. The molecule has 90 valence electrons. The number of hydrogen-bond donors (Lipinski definition) is 1. The fraction of sp³-hybridized carbons (Fsp3) is 1.00. The summed E-state index contributed by atoms with van der Waals surface area (Å²) in [4.78, 5) is 2.68. The summed E-state index contributed by atoms with van der Waals surface area (Å²) in [6.07, 6.45) is 2.60. The first kappa shape index (κ1) is 13.0. The van der Waals surface area contributed by atoms with E-state index in [-0.39, 0.29) is 0 Å². The molecule has 1 heterocycles. The highest BCUT2D eigenvalue weighted by Gasteiger charge is 2.28. The quantitative estimate of drug-likeness (QED) is 0.770. The molecule has 1 rings (SSSR count). The Morgan fingerprint density at radius 1 is 1.33 bits per heavy atom. The molecular weight excluding hydrogens is 184 g/mol. The van der Waals surface area contributed by atoms with Crippen molar-refractivity contribution < 1.29 is 0 Å². The second-order valence-electron chi connectivity index (χ2n) is 5.42. The van der Waals surface area contributed by atoms with Crippen molar-refractivity contribution in [3.8, 4) is 0 Å². The van der Waals surface area contributed by atoms with Crippen molar-refractivity contribution in [2.24, 2.45) is 5.92 Å². The molecule has 3 unspecified atom stereocenters. The number of piperazine rings is 1. The van der Waals surface area contributed by atoms with Crippen molar-refractivity contribution in [2.75, 3.05) is 13.1 Å². The normalized spacial score (nSPS) is 30.8. The third-order valence-corrected chi connectivity index (χ3v) is 3.82. The minimum Gasteiger partial charge on any atom is -0.311 e. The Morgan fingerprint density at radius 3 is 2.53 bits per heavy atom. The number of hydrogen-bond acceptors (Lipinski definition) is 2.